The molecule has 0 aromatic carbocycles. The summed E-state index contributed by atoms with van der Waals surface area (Å²) in [6.45, 7) is 1.82. The summed E-state index contributed by atoms with van der Waals surface area (Å²) in [4.78, 5) is 21.3. The Morgan fingerprint density at radius 1 is 1.82 bits per heavy atom. The first-order valence-electron chi connectivity index (χ1n) is 3.56. The Kier molecular flexibility index (Phi) is 2.12. The van der Waals surface area contributed by atoms with Crippen LogP contribution in [0.15, 0.2) is 0 Å². The van der Waals surface area contributed by atoms with Crippen molar-refractivity contribution in [2.24, 2.45) is 11.8 Å². The zero-order valence-electron chi connectivity index (χ0n) is 6.24. The molecule has 4 heteroatoms. The molecule has 2 atom stereocenters. The number of carboxylic acid groups (broad SMARTS) is 1. The standard InChI is InChI=1S/C7H10O4/c1-2-4-5(6(8)9)3-11-7(4)10/h4-5H,2-3H2,1H3,(H,8,9)/t4-,5+/m1/s1. The highest BCUT2D eigenvalue weighted by molar-refractivity contribution is 5.83. The third-order valence-corrected chi connectivity index (χ3v) is 1.95. The Balaban J connectivity index is 2.68. The molecule has 0 bridgehead atoms. The van der Waals surface area contributed by atoms with Crippen LogP contribution in [0.1, 0.15) is 13.3 Å². The monoisotopic (exact) mass is 158 g/mol. The predicted octanol–water partition coefficient (Wildman–Crippen LogP) is 0.270. The molecule has 0 amide bonds. The summed E-state index contributed by atoms with van der Waals surface area (Å²) < 4.78 is 4.61. The van der Waals surface area contributed by atoms with E-state index in [2.05, 4.69) is 4.74 Å². The van der Waals surface area contributed by atoms with Crippen molar-refractivity contribution in [2.45, 2.75) is 13.3 Å². The smallest absolute Gasteiger partial charge is 0.310 e. The number of cyclic esters (lactones) is 1. The molecule has 0 aromatic heterocycles. The first-order valence-corrected chi connectivity index (χ1v) is 3.56. The summed E-state index contributed by atoms with van der Waals surface area (Å²) in [6.07, 6.45) is 0.538. The van der Waals surface area contributed by atoms with Gasteiger partial charge in [0.15, 0.2) is 0 Å². The third kappa shape index (κ3) is 1.34. The molecule has 1 N–H and O–H groups in total. The molecule has 1 fully saturated rings. The van der Waals surface area contributed by atoms with E-state index in [1.807, 2.05) is 0 Å². The molecule has 0 aliphatic carbocycles. The van der Waals surface area contributed by atoms with Crippen LogP contribution in [0.2, 0.25) is 0 Å². The van der Waals surface area contributed by atoms with Gasteiger partial charge in [-0.15, -0.1) is 0 Å². The van der Waals surface area contributed by atoms with E-state index in [1.165, 1.54) is 0 Å². The Labute approximate surface area is 64.2 Å². The van der Waals surface area contributed by atoms with Crippen molar-refractivity contribution >= 4 is 11.9 Å². The van der Waals surface area contributed by atoms with Crippen LogP contribution in [0.5, 0.6) is 0 Å². The van der Waals surface area contributed by atoms with E-state index in [0.29, 0.717) is 6.42 Å². The zero-order valence-corrected chi connectivity index (χ0v) is 6.24. The molecule has 0 aromatic rings. The number of ether oxygens (including phenoxy) is 1. The topological polar surface area (TPSA) is 63.6 Å². The maximum Gasteiger partial charge on any atom is 0.310 e. The van der Waals surface area contributed by atoms with Gasteiger partial charge in [-0.05, 0) is 6.42 Å². The average Bonchev–Trinajstić information content (AvgIpc) is 2.30. The maximum absolute atomic E-state index is 10.8. The number of rotatable bonds is 2. The number of hydrogen-bond donors (Lipinski definition) is 1. The van der Waals surface area contributed by atoms with Gasteiger partial charge in [0, 0.05) is 0 Å². The summed E-state index contributed by atoms with van der Waals surface area (Å²) in [5.41, 5.74) is 0. The van der Waals surface area contributed by atoms with Gasteiger partial charge in [0.25, 0.3) is 0 Å². The van der Waals surface area contributed by atoms with Crippen LogP contribution in [0.25, 0.3) is 0 Å². The van der Waals surface area contributed by atoms with Crippen molar-refractivity contribution in [1.29, 1.82) is 0 Å². The van der Waals surface area contributed by atoms with Crippen LogP contribution < -0.4 is 0 Å². The summed E-state index contributed by atoms with van der Waals surface area (Å²) in [5.74, 6) is -2.39. The lowest BCUT2D eigenvalue weighted by Gasteiger charge is -2.06. The van der Waals surface area contributed by atoms with E-state index in [9.17, 15) is 9.59 Å². The van der Waals surface area contributed by atoms with Gasteiger partial charge >= 0.3 is 11.9 Å². The Morgan fingerprint density at radius 2 is 2.45 bits per heavy atom. The van der Waals surface area contributed by atoms with Gasteiger partial charge in [0.1, 0.15) is 12.5 Å². The quantitative estimate of drug-likeness (QED) is 0.586. The number of esters is 1. The molecule has 11 heavy (non-hydrogen) atoms. The molecule has 0 radical (unpaired) electrons. The lowest BCUT2D eigenvalue weighted by molar-refractivity contribution is -0.144. The molecule has 62 valence electrons. The van der Waals surface area contributed by atoms with Gasteiger partial charge < -0.3 is 9.84 Å². The number of carbonyl (C=O) groups is 2. The molecular formula is C7H10O4. The zero-order chi connectivity index (χ0) is 8.43. The van der Waals surface area contributed by atoms with Crippen molar-refractivity contribution < 1.29 is 19.4 Å². The van der Waals surface area contributed by atoms with Crippen molar-refractivity contribution in [3.05, 3.63) is 0 Å². The molecule has 4 nitrogen and oxygen atoms in total. The van der Waals surface area contributed by atoms with Gasteiger partial charge in [0.05, 0.1) is 5.92 Å². The molecule has 0 unspecified atom stereocenters. The highest BCUT2D eigenvalue weighted by atomic mass is 16.5. The van der Waals surface area contributed by atoms with E-state index in [0.717, 1.165) is 0 Å². The lowest BCUT2D eigenvalue weighted by atomic mass is 9.93. The van der Waals surface area contributed by atoms with Crippen LogP contribution in [-0.4, -0.2) is 23.7 Å². The first kappa shape index (κ1) is 8.04. The van der Waals surface area contributed by atoms with Crippen molar-refractivity contribution in [3.63, 3.8) is 0 Å². The Morgan fingerprint density at radius 3 is 2.82 bits per heavy atom. The van der Waals surface area contributed by atoms with Crippen molar-refractivity contribution in [1.82, 2.24) is 0 Å². The molecule has 1 aliphatic rings. The van der Waals surface area contributed by atoms with Gasteiger partial charge in [-0.1, -0.05) is 6.92 Å². The average molecular weight is 158 g/mol. The minimum Gasteiger partial charge on any atom is -0.481 e. The normalized spacial score (nSPS) is 30.1. The molecule has 1 heterocycles. The number of hydrogen-bond acceptors (Lipinski definition) is 3. The van der Waals surface area contributed by atoms with Gasteiger partial charge in [-0.2, -0.15) is 0 Å². The van der Waals surface area contributed by atoms with Gasteiger partial charge in [0.2, 0.25) is 0 Å². The number of aliphatic carboxylic acids is 1. The SMILES string of the molecule is CC[C@H]1C(=O)OC[C@@H]1C(=O)O. The summed E-state index contributed by atoms with van der Waals surface area (Å²) in [5, 5.41) is 8.60. The fraction of sp³-hybridized carbons (Fsp3) is 0.714. The molecule has 1 aliphatic heterocycles. The van der Waals surface area contributed by atoms with E-state index in [1.54, 1.807) is 6.92 Å². The number of carboxylic acids is 1. The fourth-order valence-electron chi connectivity index (χ4n) is 1.25. The van der Waals surface area contributed by atoms with Crippen LogP contribution in [0.3, 0.4) is 0 Å². The largest absolute Gasteiger partial charge is 0.481 e. The summed E-state index contributed by atoms with van der Waals surface area (Å²) >= 11 is 0. The highest BCUT2D eigenvalue weighted by Crippen LogP contribution is 2.24. The maximum atomic E-state index is 10.8. The van der Waals surface area contributed by atoms with Crippen molar-refractivity contribution in [2.75, 3.05) is 6.61 Å². The second kappa shape index (κ2) is 2.90. The molecule has 0 saturated carbocycles. The minimum atomic E-state index is -0.942. The second-order valence-electron chi connectivity index (χ2n) is 2.59. The number of carbonyl (C=O) groups excluding carboxylic acids is 1. The fourth-order valence-corrected chi connectivity index (χ4v) is 1.25. The molecule has 1 saturated heterocycles. The lowest BCUT2D eigenvalue weighted by Crippen LogP contribution is -2.22. The van der Waals surface area contributed by atoms with Crippen LogP contribution in [0.4, 0.5) is 0 Å². The second-order valence-corrected chi connectivity index (χ2v) is 2.59. The van der Waals surface area contributed by atoms with E-state index in [4.69, 9.17) is 5.11 Å². The minimum absolute atomic E-state index is 0.0344. The van der Waals surface area contributed by atoms with E-state index in [-0.39, 0.29) is 12.6 Å². The van der Waals surface area contributed by atoms with Crippen LogP contribution in [0, 0.1) is 11.8 Å². The molecule has 1 rings (SSSR count). The summed E-state index contributed by atoms with van der Waals surface area (Å²) in [6, 6.07) is 0. The van der Waals surface area contributed by atoms with Crippen molar-refractivity contribution in [3.8, 4) is 0 Å². The summed E-state index contributed by atoms with van der Waals surface area (Å²) in [7, 11) is 0. The van der Waals surface area contributed by atoms with E-state index >= 15 is 0 Å². The van der Waals surface area contributed by atoms with Crippen LogP contribution >= 0.6 is 0 Å². The highest BCUT2D eigenvalue weighted by Gasteiger charge is 2.40. The third-order valence-electron chi connectivity index (χ3n) is 1.95. The predicted molar refractivity (Wildman–Crippen MR) is 35.9 cm³/mol. The van der Waals surface area contributed by atoms with E-state index < -0.39 is 17.8 Å². The van der Waals surface area contributed by atoms with Gasteiger partial charge in [-0.25, -0.2) is 0 Å². The molecule has 0 spiro atoms. The Bertz CT molecular complexity index is 187. The van der Waals surface area contributed by atoms with Crippen LogP contribution in [-0.2, 0) is 14.3 Å². The Hall–Kier alpha value is -1.06. The van der Waals surface area contributed by atoms with Gasteiger partial charge in [-0.3, -0.25) is 9.59 Å². The molecular weight excluding hydrogens is 148 g/mol. The first-order chi connectivity index (χ1) is 5.16.